The number of hydrogen-bond acceptors (Lipinski definition) is 12. The lowest BCUT2D eigenvalue weighted by molar-refractivity contribution is -0.192. The van der Waals surface area contributed by atoms with E-state index in [4.69, 9.17) is 14.0 Å². The number of ether oxygens (including phenoxy) is 2. The van der Waals surface area contributed by atoms with Gasteiger partial charge in [0.25, 0.3) is 17.5 Å². The van der Waals surface area contributed by atoms with Crippen LogP contribution >= 0.6 is 23.5 Å². The zero-order chi connectivity index (χ0) is 23.8. The molecule has 0 aliphatic carbocycles. The van der Waals surface area contributed by atoms with Gasteiger partial charge in [-0.25, -0.2) is 9.48 Å². The normalized spacial score (nSPS) is 22.1. The molecule has 4 heterocycles. The lowest BCUT2D eigenvalue weighted by Crippen LogP contribution is -2.80. The molecule has 14 nitrogen and oxygen atoms in total. The molecule has 2 aliphatic heterocycles. The summed E-state index contributed by atoms with van der Waals surface area (Å²) in [4.78, 5) is 38.9. The minimum absolute atomic E-state index is 0.131. The number of nitrogens with zero attached hydrogens (tertiary/aromatic N) is 6. The number of hydrogen-bond donors (Lipinski definition) is 2. The molecule has 0 radical (unpaired) electrons. The maximum Gasteiger partial charge on any atom is 0.352 e. The van der Waals surface area contributed by atoms with Gasteiger partial charge in [0.2, 0.25) is 11.1 Å². The van der Waals surface area contributed by atoms with E-state index in [9.17, 15) is 19.5 Å². The van der Waals surface area contributed by atoms with Crippen LogP contribution in [0.15, 0.2) is 27.0 Å². The van der Waals surface area contributed by atoms with Gasteiger partial charge in [-0.2, -0.15) is 0 Å². The molecule has 1 saturated heterocycles. The average molecular weight is 498 g/mol. The van der Waals surface area contributed by atoms with E-state index in [1.807, 2.05) is 0 Å². The van der Waals surface area contributed by atoms with Crippen molar-refractivity contribution in [3.8, 4) is 5.88 Å². The van der Waals surface area contributed by atoms with Crippen molar-refractivity contribution in [1.29, 1.82) is 0 Å². The number of carbonyl (C=O) groups is 3. The third-order valence-corrected chi connectivity index (χ3v) is 7.47. The van der Waals surface area contributed by atoms with Gasteiger partial charge in [0.05, 0.1) is 13.5 Å². The Morgan fingerprint density at radius 1 is 1.45 bits per heavy atom. The summed E-state index contributed by atoms with van der Waals surface area (Å²) in [7, 11) is 4.36. The fourth-order valence-corrected chi connectivity index (χ4v) is 5.86. The number of carboxylic acid groups (broad SMARTS) is 1. The molecule has 2 N–H and O–H groups in total. The minimum atomic E-state index is -1.70. The van der Waals surface area contributed by atoms with Crippen molar-refractivity contribution in [2.75, 3.05) is 25.7 Å². The summed E-state index contributed by atoms with van der Waals surface area (Å²) in [5.74, 6) is -1.43. The number of nitrogens with one attached hydrogen (secondary N) is 1. The number of carboxylic acids is 1. The molecule has 0 unspecified atom stereocenters. The van der Waals surface area contributed by atoms with E-state index in [2.05, 4.69) is 26.0 Å². The van der Waals surface area contributed by atoms with Gasteiger partial charge in [0.15, 0.2) is 0 Å². The summed E-state index contributed by atoms with van der Waals surface area (Å²) < 4.78 is 16.8. The highest BCUT2D eigenvalue weighted by Crippen LogP contribution is 2.47. The molecule has 2 aliphatic rings. The summed E-state index contributed by atoms with van der Waals surface area (Å²) >= 11 is 2.55. The summed E-state index contributed by atoms with van der Waals surface area (Å²) in [6, 6.07) is 1.45. The number of thioether (sulfide) groups is 2. The Kier molecular flexibility index (Phi) is 6.31. The third kappa shape index (κ3) is 4.04. The zero-order valence-electron chi connectivity index (χ0n) is 17.7. The zero-order valence-corrected chi connectivity index (χ0v) is 19.3. The number of aromatic nitrogens is 5. The summed E-state index contributed by atoms with van der Waals surface area (Å²) in [5.41, 5.74) is -1.29. The van der Waals surface area contributed by atoms with E-state index in [0.717, 1.165) is 4.90 Å². The first kappa shape index (κ1) is 23.1. The molecule has 33 heavy (non-hydrogen) atoms. The second kappa shape index (κ2) is 9.03. The molecule has 2 aromatic rings. The van der Waals surface area contributed by atoms with E-state index in [1.165, 1.54) is 48.5 Å². The Labute approximate surface area is 195 Å². The standard InChI is InChI=1S/C17H19N7O7S2/c1-23-16(19-21-22-23)33-7-8-6-32-15-17(30-3,14(28)24(15)12(8)13(26)27)18-10(25)4-9-5-11(29-2)20-31-9/h5,15H,4,6-7H2,1-3H3,(H,18,25)(H,26,27)/t15-,17-/m0/s1. The van der Waals surface area contributed by atoms with Gasteiger partial charge in [-0.05, 0) is 21.2 Å². The first-order valence-electron chi connectivity index (χ1n) is 9.42. The SMILES string of the molecule is COc1cc(CC(=O)N[C@]2(OC)C(=O)N3C(C(=O)O)=C(CSc4nnnn4C)CS[C@H]32)on1. The Morgan fingerprint density at radius 3 is 2.85 bits per heavy atom. The fourth-order valence-electron chi connectivity index (χ4n) is 3.43. The van der Waals surface area contributed by atoms with Gasteiger partial charge in [-0.1, -0.05) is 11.8 Å². The average Bonchev–Trinajstić information content (AvgIpc) is 3.43. The minimum Gasteiger partial charge on any atom is -0.479 e. The van der Waals surface area contributed by atoms with Crippen LogP contribution in [0.4, 0.5) is 0 Å². The lowest BCUT2D eigenvalue weighted by Gasteiger charge is -2.55. The topological polar surface area (TPSA) is 175 Å². The molecule has 4 rings (SSSR count). The molecule has 2 aromatic heterocycles. The van der Waals surface area contributed by atoms with Gasteiger partial charge in [-0.3, -0.25) is 14.5 Å². The van der Waals surface area contributed by atoms with E-state index in [-0.39, 0.29) is 29.5 Å². The molecule has 2 amide bonds. The van der Waals surface area contributed by atoms with Crippen LogP contribution in [-0.2, 0) is 32.6 Å². The van der Waals surface area contributed by atoms with E-state index in [0.29, 0.717) is 16.5 Å². The van der Waals surface area contributed by atoms with Crippen molar-refractivity contribution < 1.29 is 33.5 Å². The number of β-lactam (4-membered cyclic amide) rings is 1. The van der Waals surface area contributed by atoms with Crippen LogP contribution in [0.5, 0.6) is 5.88 Å². The molecule has 176 valence electrons. The number of tetrazole rings is 1. The molecule has 1 fully saturated rings. The first-order chi connectivity index (χ1) is 15.8. The molecule has 0 aromatic carbocycles. The van der Waals surface area contributed by atoms with Crippen LogP contribution in [0.2, 0.25) is 0 Å². The van der Waals surface area contributed by atoms with Gasteiger partial charge >= 0.3 is 5.97 Å². The van der Waals surface area contributed by atoms with Crippen LogP contribution in [0, 0.1) is 0 Å². The van der Waals surface area contributed by atoms with Crippen LogP contribution < -0.4 is 10.1 Å². The third-order valence-electron chi connectivity index (χ3n) is 5.00. The highest BCUT2D eigenvalue weighted by atomic mass is 32.2. The van der Waals surface area contributed by atoms with Crippen molar-refractivity contribution in [2.45, 2.75) is 22.7 Å². The number of aliphatic carboxylic acids is 1. The van der Waals surface area contributed by atoms with Crippen LogP contribution in [-0.4, -0.2) is 90.0 Å². The lowest BCUT2D eigenvalue weighted by atomic mass is 9.98. The fraction of sp³-hybridized carbons (Fsp3) is 0.471. The number of carbonyl (C=O) groups excluding carboxylic acids is 2. The quantitative estimate of drug-likeness (QED) is 0.252. The Balaban J connectivity index is 1.51. The second-order valence-corrected chi connectivity index (χ2v) is 8.98. The van der Waals surface area contributed by atoms with Crippen LogP contribution in [0.25, 0.3) is 0 Å². The second-order valence-electron chi connectivity index (χ2n) is 6.97. The van der Waals surface area contributed by atoms with Crippen molar-refractivity contribution in [3.63, 3.8) is 0 Å². The van der Waals surface area contributed by atoms with E-state index < -0.39 is 28.9 Å². The molecular weight excluding hydrogens is 478 g/mol. The maximum atomic E-state index is 13.1. The van der Waals surface area contributed by atoms with Crippen LogP contribution in [0.1, 0.15) is 5.76 Å². The van der Waals surface area contributed by atoms with Gasteiger partial charge in [0, 0.05) is 31.7 Å². The highest BCUT2D eigenvalue weighted by molar-refractivity contribution is 8.01. The van der Waals surface area contributed by atoms with Gasteiger partial charge in [0.1, 0.15) is 16.8 Å². The Hall–Kier alpha value is -3.11. The van der Waals surface area contributed by atoms with Crippen molar-refractivity contribution in [3.05, 3.63) is 23.1 Å². The number of aryl methyl sites for hydroxylation is 1. The molecular formula is C17H19N7O7S2. The van der Waals surface area contributed by atoms with Crippen LogP contribution in [0.3, 0.4) is 0 Å². The van der Waals surface area contributed by atoms with Crippen molar-refractivity contribution in [1.82, 2.24) is 35.6 Å². The predicted octanol–water partition coefficient (Wildman–Crippen LogP) is -0.746. The largest absolute Gasteiger partial charge is 0.479 e. The molecule has 2 atom stereocenters. The van der Waals surface area contributed by atoms with Gasteiger partial charge < -0.3 is 24.4 Å². The van der Waals surface area contributed by atoms with E-state index >= 15 is 0 Å². The molecule has 0 saturated carbocycles. The summed E-state index contributed by atoms with van der Waals surface area (Å²) in [6.07, 6.45) is -0.207. The first-order valence-corrected chi connectivity index (χ1v) is 11.5. The maximum absolute atomic E-state index is 13.1. The number of methoxy groups -OCH3 is 2. The number of rotatable bonds is 9. The Morgan fingerprint density at radius 2 is 2.24 bits per heavy atom. The van der Waals surface area contributed by atoms with Crippen molar-refractivity contribution >= 4 is 41.3 Å². The van der Waals surface area contributed by atoms with Crippen molar-refractivity contribution in [2.24, 2.45) is 7.05 Å². The molecule has 16 heteroatoms. The highest BCUT2D eigenvalue weighted by Gasteiger charge is 2.66. The summed E-state index contributed by atoms with van der Waals surface area (Å²) in [5, 5.41) is 27.0. The monoisotopic (exact) mass is 497 g/mol. The number of amides is 2. The smallest absolute Gasteiger partial charge is 0.352 e. The predicted molar refractivity (Wildman–Crippen MR) is 112 cm³/mol. The summed E-state index contributed by atoms with van der Waals surface area (Å²) in [6.45, 7) is 0. The van der Waals surface area contributed by atoms with Gasteiger partial charge in [-0.15, -0.1) is 16.9 Å². The van der Waals surface area contributed by atoms with E-state index in [1.54, 1.807) is 7.05 Å². The Bertz CT molecular complexity index is 1130. The molecule has 0 bridgehead atoms. The molecule has 0 spiro atoms. The number of fused-ring (bicyclic) bond motifs is 1.